The number of nitrogen functional groups attached to an aromatic ring is 1. The number of carbonyl (C=O) groups is 1. The van der Waals surface area contributed by atoms with Gasteiger partial charge in [-0.2, -0.15) is 4.98 Å². The van der Waals surface area contributed by atoms with Crippen LogP contribution in [0.2, 0.25) is 0 Å². The van der Waals surface area contributed by atoms with Crippen LogP contribution < -0.4 is 29.6 Å². The van der Waals surface area contributed by atoms with Gasteiger partial charge in [-0.3, -0.25) is 4.79 Å². The summed E-state index contributed by atoms with van der Waals surface area (Å²) in [7, 11) is 2.97. The Morgan fingerprint density at radius 1 is 1.12 bits per heavy atom. The van der Waals surface area contributed by atoms with Gasteiger partial charge in [0.25, 0.3) is 5.91 Å². The Kier molecular flexibility index (Phi) is 4.30. The van der Waals surface area contributed by atoms with Crippen molar-refractivity contribution in [3.05, 3.63) is 36.4 Å². The third-order valence-corrected chi connectivity index (χ3v) is 5.35. The van der Waals surface area contributed by atoms with Crippen molar-refractivity contribution >= 4 is 28.6 Å². The van der Waals surface area contributed by atoms with Crippen molar-refractivity contribution in [1.29, 1.82) is 0 Å². The molecule has 10 heteroatoms. The lowest BCUT2D eigenvalue weighted by Crippen LogP contribution is -2.54. The van der Waals surface area contributed by atoms with Crippen molar-refractivity contribution in [3.8, 4) is 23.0 Å². The Balaban J connectivity index is 1.44. The summed E-state index contributed by atoms with van der Waals surface area (Å²) < 4.78 is 56.4. The maximum Gasteiger partial charge on any atom is 0.267 e. The van der Waals surface area contributed by atoms with Gasteiger partial charge in [0.1, 0.15) is 12.4 Å². The number of nitrogens with zero attached hydrogens (tertiary/aromatic N) is 4. The van der Waals surface area contributed by atoms with Crippen molar-refractivity contribution in [2.24, 2.45) is 0 Å². The van der Waals surface area contributed by atoms with E-state index in [1.165, 1.54) is 19.1 Å². The van der Waals surface area contributed by atoms with E-state index in [-0.39, 0.29) is 18.4 Å². The molecule has 3 heterocycles. The molecule has 0 saturated carbocycles. The number of hydrogen-bond donors (Lipinski definition) is 1. The molecule has 33 heavy (non-hydrogen) atoms. The molecule has 2 aromatic carbocycles. The van der Waals surface area contributed by atoms with Gasteiger partial charge in [-0.05, 0) is 18.2 Å². The number of rotatable bonds is 4. The number of ether oxygens (including phenoxy) is 4. The summed E-state index contributed by atoms with van der Waals surface area (Å²) in [5, 5.41) is 0.496. The number of aromatic nitrogens is 2. The highest BCUT2D eigenvalue weighted by Crippen LogP contribution is 2.34. The second-order valence-electron chi connectivity index (χ2n) is 7.34. The largest absolute Gasteiger partial charge is 0.493 e. The van der Waals surface area contributed by atoms with Gasteiger partial charge in [-0.15, -0.1) is 0 Å². The number of hydrogen-bond acceptors (Lipinski definition) is 9. The van der Waals surface area contributed by atoms with E-state index < -0.39 is 38.1 Å². The SMILES string of the molecule is [2H]C1([2H])CN(c2nc(N)c3cc(OC)c(OC)cc3n2)CC([2H])([2H])N1C(=O)C1COc2ccccc2O1. The number of benzene rings is 2. The molecule has 1 atom stereocenters. The summed E-state index contributed by atoms with van der Waals surface area (Å²) in [5.41, 5.74) is 6.58. The van der Waals surface area contributed by atoms with Crippen molar-refractivity contribution in [2.45, 2.75) is 6.10 Å². The average molecular weight is 456 g/mol. The maximum atomic E-state index is 13.3. The van der Waals surface area contributed by atoms with Gasteiger partial charge in [0.05, 0.1) is 25.2 Å². The Hall–Kier alpha value is -3.95. The van der Waals surface area contributed by atoms with Gasteiger partial charge in [0.2, 0.25) is 12.1 Å². The monoisotopic (exact) mass is 455 g/mol. The number of methoxy groups -OCH3 is 2. The van der Waals surface area contributed by atoms with E-state index in [1.807, 2.05) is 0 Å². The number of nitrogens with two attached hydrogens (primary N) is 1. The van der Waals surface area contributed by atoms with Crippen LogP contribution in [0.3, 0.4) is 0 Å². The van der Waals surface area contributed by atoms with Gasteiger partial charge in [-0.25, -0.2) is 4.98 Å². The first-order valence-electron chi connectivity index (χ1n) is 12.2. The van der Waals surface area contributed by atoms with Crippen LogP contribution in [-0.2, 0) is 4.79 Å². The molecule has 0 spiro atoms. The number of para-hydroxylation sites is 2. The van der Waals surface area contributed by atoms with Crippen LogP contribution in [0.4, 0.5) is 11.8 Å². The molecule has 0 aliphatic carbocycles. The van der Waals surface area contributed by atoms with E-state index >= 15 is 0 Å². The fourth-order valence-corrected chi connectivity index (χ4v) is 3.61. The van der Waals surface area contributed by atoms with Crippen LogP contribution in [-0.4, -0.2) is 73.8 Å². The number of fused-ring (bicyclic) bond motifs is 2. The average Bonchev–Trinajstić information content (AvgIpc) is 2.86. The third kappa shape index (κ3) is 3.88. The number of carbonyl (C=O) groups excluding carboxylic acids is 1. The molecule has 1 aromatic heterocycles. The highest BCUT2D eigenvalue weighted by Gasteiger charge is 2.33. The van der Waals surface area contributed by atoms with Crippen molar-refractivity contribution in [2.75, 3.05) is 57.5 Å². The fourth-order valence-electron chi connectivity index (χ4n) is 3.61. The van der Waals surface area contributed by atoms with Gasteiger partial charge in [0.15, 0.2) is 23.0 Å². The van der Waals surface area contributed by atoms with E-state index in [9.17, 15) is 4.79 Å². The van der Waals surface area contributed by atoms with E-state index in [4.69, 9.17) is 30.2 Å². The van der Waals surface area contributed by atoms with Crippen LogP contribution in [0.15, 0.2) is 36.4 Å². The molecule has 3 aromatic rings. The summed E-state index contributed by atoms with van der Waals surface area (Å²) in [4.78, 5) is 24.0. The molecule has 172 valence electrons. The number of anilines is 2. The summed E-state index contributed by atoms with van der Waals surface area (Å²) >= 11 is 0. The minimum Gasteiger partial charge on any atom is -0.493 e. The summed E-state index contributed by atoms with van der Waals surface area (Å²) in [6.45, 7) is -5.85. The highest BCUT2D eigenvalue weighted by molar-refractivity contribution is 5.91. The Morgan fingerprint density at radius 2 is 1.82 bits per heavy atom. The highest BCUT2D eigenvalue weighted by atomic mass is 16.6. The standard InChI is InChI=1S/C23H25N5O5/c1-30-18-11-14-15(12-19(18)31-2)25-23(26-21(14)24)28-9-7-27(8-10-28)22(29)20-13-32-16-5-3-4-6-17(16)33-20/h3-6,11-12,20H,7-10,13H2,1-2H3,(H2,24,25,26)/i7D2,8D2. The number of amides is 1. The zero-order valence-electron chi connectivity index (χ0n) is 22.1. The summed E-state index contributed by atoms with van der Waals surface area (Å²) in [6.07, 6.45) is -1.21. The van der Waals surface area contributed by atoms with Crippen molar-refractivity contribution < 1.29 is 29.2 Å². The van der Waals surface area contributed by atoms with Gasteiger partial charge >= 0.3 is 0 Å². The molecule has 2 aliphatic rings. The fraction of sp³-hybridized carbons (Fsp3) is 0.348. The molecule has 2 aliphatic heterocycles. The van der Waals surface area contributed by atoms with E-state index in [0.717, 1.165) is 0 Å². The minimum atomic E-state index is -2.44. The van der Waals surface area contributed by atoms with Crippen LogP contribution in [0.1, 0.15) is 5.48 Å². The summed E-state index contributed by atoms with van der Waals surface area (Å²) in [5.74, 6) is 0.905. The Labute approximate surface area is 196 Å². The molecule has 1 amide bonds. The normalized spacial score (nSPS) is 22.5. The zero-order valence-corrected chi connectivity index (χ0v) is 18.1. The smallest absolute Gasteiger partial charge is 0.267 e. The van der Waals surface area contributed by atoms with Gasteiger partial charge in [0, 0.05) is 37.5 Å². The zero-order chi connectivity index (χ0) is 26.5. The second-order valence-corrected chi connectivity index (χ2v) is 7.34. The van der Waals surface area contributed by atoms with E-state index in [0.29, 0.717) is 38.8 Å². The molecule has 10 nitrogen and oxygen atoms in total. The molecule has 5 rings (SSSR count). The van der Waals surface area contributed by atoms with Crippen LogP contribution in [0.25, 0.3) is 10.9 Å². The maximum absolute atomic E-state index is 13.3. The summed E-state index contributed by atoms with van der Waals surface area (Å²) in [6, 6.07) is 10.0. The van der Waals surface area contributed by atoms with Gasteiger partial charge in [-0.1, -0.05) is 12.1 Å². The molecule has 0 bridgehead atoms. The molecular weight excluding hydrogens is 426 g/mol. The molecule has 1 fully saturated rings. The van der Waals surface area contributed by atoms with Crippen LogP contribution >= 0.6 is 0 Å². The lowest BCUT2D eigenvalue weighted by atomic mass is 10.2. The molecule has 2 N–H and O–H groups in total. The molecule has 1 saturated heterocycles. The number of piperazine rings is 1. The first-order valence-corrected chi connectivity index (χ1v) is 10.2. The van der Waals surface area contributed by atoms with Crippen LogP contribution in [0, 0.1) is 0 Å². The van der Waals surface area contributed by atoms with E-state index in [1.54, 1.807) is 36.4 Å². The third-order valence-electron chi connectivity index (χ3n) is 5.35. The lowest BCUT2D eigenvalue weighted by molar-refractivity contribution is -0.141. The molecule has 0 radical (unpaired) electrons. The second kappa shape index (κ2) is 8.53. The Bertz CT molecular complexity index is 1360. The Morgan fingerprint density at radius 3 is 2.55 bits per heavy atom. The topological polar surface area (TPSA) is 112 Å². The predicted octanol–water partition coefficient (Wildman–Crippen LogP) is 1.72. The first-order chi connectivity index (χ1) is 17.5. The van der Waals surface area contributed by atoms with Crippen molar-refractivity contribution in [1.82, 2.24) is 14.9 Å². The lowest BCUT2D eigenvalue weighted by Gasteiger charge is -2.37. The van der Waals surface area contributed by atoms with E-state index in [2.05, 4.69) is 9.97 Å². The molecular formula is C23H25N5O5. The first kappa shape index (κ1) is 16.7. The molecule has 1 unspecified atom stereocenters. The van der Waals surface area contributed by atoms with Gasteiger partial charge < -0.3 is 34.5 Å². The predicted molar refractivity (Wildman–Crippen MR) is 122 cm³/mol. The quantitative estimate of drug-likeness (QED) is 0.628. The van der Waals surface area contributed by atoms with Crippen molar-refractivity contribution in [3.63, 3.8) is 0 Å². The van der Waals surface area contributed by atoms with Crippen LogP contribution in [0.5, 0.6) is 23.0 Å². The minimum absolute atomic E-state index is 0.0169.